The molecule has 3 aromatic rings. The van der Waals surface area contributed by atoms with Gasteiger partial charge in [0.1, 0.15) is 28.9 Å². The van der Waals surface area contributed by atoms with E-state index < -0.39 is 0 Å². The van der Waals surface area contributed by atoms with Crippen LogP contribution in [-0.2, 0) is 13.0 Å². The Bertz CT molecular complexity index is 878. The fourth-order valence-electron chi connectivity index (χ4n) is 2.36. The average Bonchev–Trinajstić information content (AvgIpc) is 3.10. The van der Waals surface area contributed by atoms with Crippen LogP contribution in [0.15, 0.2) is 53.9 Å². The monoisotopic (exact) mass is 370 g/mol. The fraction of sp³-hybridized carbons (Fsp3) is 0.200. The molecule has 134 valence electrons. The number of rotatable bonds is 7. The molecule has 4 nitrogen and oxygen atoms in total. The zero-order valence-electron chi connectivity index (χ0n) is 14.4. The van der Waals surface area contributed by atoms with Gasteiger partial charge < -0.3 is 10.1 Å². The molecular formula is C20H19FN2O2S. The normalized spacial score (nSPS) is 10.5. The molecule has 0 fully saturated rings. The van der Waals surface area contributed by atoms with Crippen molar-refractivity contribution in [2.24, 2.45) is 0 Å². The summed E-state index contributed by atoms with van der Waals surface area (Å²) in [7, 11) is 0. The third-order valence-electron chi connectivity index (χ3n) is 3.76. The van der Waals surface area contributed by atoms with Crippen molar-refractivity contribution < 1.29 is 13.9 Å². The highest BCUT2D eigenvalue weighted by molar-refractivity contribution is 7.09. The maximum atomic E-state index is 13.1. The Balaban J connectivity index is 1.47. The minimum atomic E-state index is -0.272. The molecule has 1 amide bonds. The fourth-order valence-corrected chi connectivity index (χ4v) is 3.05. The molecule has 0 aliphatic rings. The van der Waals surface area contributed by atoms with Crippen LogP contribution in [0.2, 0.25) is 0 Å². The second-order valence-corrected chi connectivity index (χ2v) is 6.81. The van der Waals surface area contributed by atoms with Crippen molar-refractivity contribution in [1.82, 2.24) is 10.3 Å². The Morgan fingerprint density at radius 3 is 2.81 bits per heavy atom. The van der Waals surface area contributed by atoms with Gasteiger partial charge in [0.05, 0.1) is 0 Å². The number of aromatic nitrogens is 1. The summed E-state index contributed by atoms with van der Waals surface area (Å²) in [5, 5.41) is 5.25. The number of nitrogens with zero attached hydrogens (tertiary/aromatic N) is 1. The van der Waals surface area contributed by atoms with Crippen LogP contribution in [0.3, 0.4) is 0 Å². The van der Waals surface area contributed by atoms with Crippen LogP contribution in [0.25, 0.3) is 0 Å². The molecule has 1 N–H and O–H groups in total. The minimum absolute atomic E-state index is 0.237. The number of carbonyl (C=O) groups excluding carboxylic acids is 1. The lowest BCUT2D eigenvalue weighted by Gasteiger charge is -2.04. The van der Waals surface area contributed by atoms with Crippen LogP contribution in [0.1, 0.15) is 26.6 Å². The molecule has 1 aromatic heterocycles. The predicted molar refractivity (Wildman–Crippen MR) is 100 cm³/mol. The number of aryl methyl sites for hydroxylation is 1. The van der Waals surface area contributed by atoms with Gasteiger partial charge in [-0.15, -0.1) is 11.3 Å². The SMILES string of the molecule is Cc1ccc(OCc2nc(C(=O)NCCc3cccc(F)c3)cs2)cc1. The maximum Gasteiger partial charge on any atom is 0.270 e. The Morgan fingerprint density at radius 2 is 2.04 bits per heavy atom. The van der Waals surface area contributed by atoms with E-state index in [9.17, 15) is 9.18 Å². The topological polar surface area (TPSA) is 51.2 Å². The first-order valence-corrected chi connectivity index (χ1v) is 9.14. The molecule has 3 rings (SSSR count). The summed E-state index contributed by atoms with van der Waals surface area (Å²) in [5.41, 5.74) is 2.39. The van der Waals surface area contributed by atoms with Crippen molar-refractivity contribution in [1.29, 1.82) is 0 Å². The van der Waals surface area contributed by atoms with E-state index in [0.717, 1.165) is 16.3 Å². The molecule has 0 radical (unpaired) electrons. The number of amides is 1. The number of hydrogen-bond donors (Lipinski definition) is 1. The van der Waals surface area contributed by atoms with Crippen LogP contribution in [0.5, 0.6) is 5.75 Å². The van der Waals surface area contributed by atoms with E-state index in [0.29, 0.717) is 25.3 Å². The standard InChI is InChI=1S/C20H19FN2O2S/c1-14-5-7-17(8-6-14)25-12-19-23-18(13-26-19)20(24)22-10-9-15-3-2-4-16(21)11-15/h2-8,11,13H,9-10,12H2,1H3,(H,22,24). The summed E-state index contributed by atoms with van der Waals surface area (Å²) in [6.07, 6.45) is 0.566. The summed E-state index contributed by atoms with van der Waals surface area (Å²) in [4.78, 5) is 16.4. The Kier molecular flexibility index (Phi) is 5.96. The minimum Gasteiger partial charge on any atom is -0.486 e. The van der Waals surface area contributed by atoms with Gasteiger partial charge in [0.25, 0.3) is 5.91 Å². The van der Waals surface area contributed by atoms with E-state index in [4.69, 9.17) is 4.74 Å². The zero-order valence-corrected chi connectivity index (χ0v) is 15.2. The van der Waals surface area contributed by atoms with Crippen LogP contribution >= 0.6 is 11.3 Å². The lowest BCUT2D eigenvalue weighted by molar-refractivity contribution is 0.0949. The summed E-state index contributed by atoms with van der Waals surface area (Å²) in [5.74, 6) is 0.262. The van der Waals surface area contributed by atoms with Crippen molar-refractivity contribution >= 4 is 17.2 Å². The second-order valence-electron chi connectivity index (χ2n) is 5.86. The smallest absolute Gasteiger partial charge is 0.270 e. The lowest BCUT2D eigenvalue weighted by Crippen LogP contribution is -2.26. The van der Waals surface area contributed by atoms with Gasteiger partial charge in [-0.3, -0.25) is 4.79 Å². The van der Waals surface area contributed by atoms with Crippen LogP contribution in [-0.4, -0.2) is 17.4 Å². The van der Waals surface area contributed by atoms with Crippen LogP contribution in [0.4, 0.5) is 4.39 Å². The first-order chi connectivity index (χ1) is 12.6. The molecule has 0 aliphatic carbocycles. The Morgan fingerprint density at radius 1 is 1.23 bits per heavy atom. The van der Waals surface area contributed by atoms with Gasteiger partial charge in [-0.1, -0.05) is 29.8 Å². The number of carbonyl (C=O) groups is 1. The summed E-state index contributed by atoms with van der Waals surface area (Å²) < 4.78 is 18.8. The van der Waals surface area contributed by atoms with Gasteiger partial charge in [0.2, 0.25) is 0 Å². The molecule has 0 saturated carbocycles. The van der Waals surface area contributed by atoms with Gasteiger partial charge in [-0.2, -0.15) is 0 Å². The molecular weight excluding hydrogens is 351 g/mol. The number of halogens is 1. The van der Waals surface area contributed by atoms with E-state index in [2.05, 4.69) is 10.3 Å². The Hall–Kier alpha value is -2.73. The van der Waals surface area contributed by atoms with Crippen molar-refractivity contribution in [3.05, 3.63) is 81.6 Å². The third kappa shape index (κ3) is 5.13. The first-order valence-electron chi connectivity index (χ1n) is 8.27. The highest BCUT2D eigenvalue weighted by atomic mass is 32.1. The van der Waals surface area contributed by atoms with Gasteiger partial charge in [0.15, 0.2) is 0 Å². The van der Waals surface area contributed by atoms with Crippen molar-refractivity contribution in [2.45, 2.75) is 20.0 Å². The molecule has 0 unspecified atom stereocenters. The first kappa shape index (κ1) is 18.1. The molecule has 0 atom stereocenters. The molecule has 2 aromatic carbocycles. The predicted octanol–water partition coefficient (Wildman–Crippen LogP) is 4.14. The van der Waals surface area contributed by atoms with Crippen molar-refractivity contribution in [3.8, 4) is 5.75 Å². The van der Waals surface area contributed by atoms with E-state index in [1.165, 1.54) is 29.0 Å². The highest BCUT2D eigenvalue weighted by Crippen LogP contribution is 2.16. The molecule has 0 bridgehead atoms. The summed E-state index contributed by atoms with van der Waals surface area (Å²) >= 11 is 1.39. The average molecular weight is 370 g/mol. The third-order valence-corrected chi connectivity index (χ3v) is 4.58. The molecule has 0 spiro atoms. The van der Waals surface area contributed by atoms with Gasteiger partial charge in [-0.25, -0.2) is 9.37 Å². The van der Waals surface area contributed by atoms with Gasteiger partial charge in [0, 0.05) is 11.9 Å². The summed E-state index contributed by atoms with van der Waals surface area (Å²) in [6, 6.07) is 14.1. The molecule has 0 aliphatic heterocycles. The highest BCUT2D eigenvalue weighted by Gasteiger charge is 2.11. The van der Waals surface area contributed by atoms with Crippen LogP contribution in [0, 0.1) is 12.7 Å². The number of thiazole rings is 1. The quantitative estimate of drug-likeness (QED) is 0.680. The van der Waals surface area contributed by atoms with Gasteiger partial charge in [-0.05, 0) is 43.2 Å². The molecule has 0 saturated heterocycles. The van der Waals surface area contributed by atoms with E-state index in [-0.39, 0.29) is 11.7 Å². The summed E-state index contributed by atoms with van der Waals surface area (Å²) in [6.45, 7) is 2.77. The number of ether oxygens (including phenoxy) is 1. The second kappa shape index (κ2) is 8.58. The van der Waals surface area contributed by atoms with Gasteiger partial charge >= 0.3 is 0 Å². The largest absolute Gasteiger partial charge is 0.486 e. The zero-order chi connectivity index (χ0) is 18.4. The van der Waals surface area contributed by atoms with Crippen LogP contribution < -0.4 is 10.1 Å². The van der Waals surface area contributed by atoms with E-state index >= 15 is 0 Å². The lowest BCUT2D eigenvalue weighted by atomic mass is 10.1. The number of hydrogen-bond acceptors (Lipinski definition) is 4. The molecule has 26 heavy (non-hydrogen) atoms. The maximum absolute atomic E-state index is 13.1. The molecule has 1 heterocycles. The molecule has 6 heteroatoms. The van der Waals surface area contributed by atoms with Crippen molar-refractivity contribution in [3.63, 3.8) is 0 Å². The number of benzene rings is 2. The van der Waals surface area contributed by atoms with Crippen molar-refractivity contribution in [2.75, 3.05) is 6.54 Å². The number of nitrogens with one attached hydrogen (secondary N) is 1. The Labute approximate surface area is 155 Å². The van der Waals surface area contributed by atoms with E-state index in [1.54, 1.807) is 11.4 Å². The van der Waals surface area contributed by atoms with E-state index in [1.807, 2.05) is 37.3 Å².